The normalized spacial score (nSPS) is 18.6. The maximum atomic E-state index is 14.3. The van der Waals surface area contributed by atoms with Crippen LogP contribution in [-0.4, -0.2) is 42.6 Å². The molecule has 49 heavy (non-hydrogen) atoms. The van der Waals surface area contributed by atoms with Crippen LogP contribution in [0.3, 0.4) is 0 Å². The molecule has 0 aromatic heterocycles. The topological polar surface area (TPSA) is 84.9 Å². The summed E-state index contributed by atoms with van der Waals surface area (Å²) in [6.45, 7) is 11.1. The zero-order chi connectivity index (χ0) is 35.1. The van der Waals surface area contributed by atoms with Gasteiger partial charge in [-0.3, -0.25) is 14.4 Å². The summed E-state index contributed by atoms with van der Waals surface area (Å²) in [6, 6.07) is 21.8. The summed E-state index contributed by atoms with van der Waals surface area (Å²) in [5.74, 6) is 0.282. The van der Waals surface area contributed by atoms with Crippen LogP contribution in [0.25, 0.3) is 0 Å². The third-order valence-corrected chi connectivity index (χ3v) is 10.6. The number of ether oxygens (including phenoxy) is 2. The number of ketones is 2. The van der Waals surface area contributed by atoms with Crippen molar-refractivity contribution in [3.63, 3.8) is 0 Å². The van der Waals surface area contributed by atoms with Gasteiger partial charge >= 0.3 is 0 Å². The molecule has 0 radical (unpaired) electrons. The molecule has 0 unspecified atom stereocenters. The number of nitrogens with one attached hydrogen (secondary N) is 1. The Morgan fingerprint density at radius 2 is 1.47 bits per heavy atom. The first-order chi connectivity index (χ1) is 23.2. The fourth-order valence-electron chi connectivity index (χ4n) is 7.55. The van der Waals surface area contributed by atoms with E-state index in [2.05, 4.69) is 84.8 Å². The van der Waals surface area contributed by atoms with Crippen molar-refractivity contribution >= 4 is 45.8 Å². The van der Waals surface area contributed by atoms with E-state index in [-0.39, 0.29) is 34.9 Å². The van der Waals surface area contributed by atoms with Crippen LogP contribution < -0.4 is 14.8 Å². The second-order valence-corrected chi connectivity index (χ2v) is 16.3. The van der Waals surface area contributed by atoms with Gasteiger partial charge in [0, 0.05) is 53.5 Å². The Balaban J connectivity index is 1.40. The molecule has 0 atom stereocenters. The summed E-state index contributed by atoms with van der Waals surface area (Å²) in [7, 11) is 1.57. The molecule has 0 saturated heterocycles. The van der Waals surface area contributed by atoms with Crippen molar-refractivity contribution < 1.29 is 23.9 Å². The molecule has 256 valence electrons. The van der Waals surface area contributed by atoms with E-state index in [1.807, 2.05) is 49.4 Å². The van der Waals surface area contributed by atoms with Gasteiger partial charge in [0.05, 0.1) is 10.7 Å². The van der Waals surface area contributed by atoms with Gasteiger partial charge in [0.2, 0.25) is 0 Å². The number of benzene rings is 3. The van der Waals surface area contributed by atoms with Crippen molar-refractivity contribution in [3.05, 3.63) is 110 Å². The molecule has 3 aromatic rings. The van der Waals surface area contributed by atoms with E-state index in [1.165, 1.54) is 5.56 Å². The van der Waals surface area contributed by atoms with Crippen molar-refractivity contribution in [2.75, 3.05) is 25.6 Å². The lowest BCUT2D eigenvalue weighted by Crippen LogP contribution is -2.45. The molecule has 1 amide bonds. The maximum absolute atomic E-state index is 14.3. The summed E-state index contributed by atoms with van der Waals surface area (Å²) in [5, 5.41) is 2.87. The number of nitrogens with zero attached hydrogens (tertiary/aromatic N) is 1. The number of carbonyl (C=O) groups is 3. The smallest absolute Gasteiger partial charge is 0.262 e. The average molecular weight is 773 g/mol. The number of Topliss-reactive ketones (excluding diaryl/α,β-unsaturated/α-hetero) is 2. The SMILES string of the molecule is COc1cc(C2C3=C(CC(C)(C)CC3=O)N(CCc3ccccc3)C3=C2C(=O)CC(C)(C)C3)cc(I)c1OCC(=O)Nc1ccc(C)cc1. The van der Waals surface area contributed by atoms with Gasteiger partial charge in [0.25, 0.3) is 5.91 Å². The largest absolute Gasteiger partial charge is 0.493 e. The van der Waals surface area contributed by atoms with Gasteiger partial charge in [-0.1, -0.05) is 75.7 Å². The molecule has 8 heteroatoms. The number of hydrogen-bond acceptors (Lipinski definition) is 6. The van der Waals surface area contributed by atoms with Crippen LogP contribution in [0.2, 0.25) is 0 Å². The van der Waals surface area contributed by atoms with E-state index in [4.69, 9.17) is 9.47 Å². The van der Waals surface area contributed by atoms with Gasteiger partial charge in [-0.15, -0.1) is 0 Å². The van der Waals surface area contributed by atoms with E-state index in [9.17, 15) is 14.4 Å². The number of halogens is 1. The van der Waals surface area contributed by atoms with Gasteiger partial charge < -0.3 is 19.7 Å². The molecular formula is C41H45IN2O5. The lowest BCUT2D eigenvalue weighted by molar-refractivity contribution is -0.120. The Morgan fingerprint density at radius 1 is 0.878 bits per heavy atom. The van der Waals surface area contributed by atoms with Gasteiger partial charge in [0.15, 0.2) is 29.7 Å². The fourth-order valence-corrected chi connectivity index (χ4v) is 8.34. The van der Waals surface area contributed by atoms with Gasteiger partial charge in [-0.25, -0.2) is 0 Å². The predicted octanol–water partition coefficient (Wildman–Crippen LogP) is 8.55. The predicted molar refractivity (Wildman–Crippen MR) is 201 cm³/mol. The van der Waals surface area contributed by atoms with E-state index >= 15 is 0 Å². The van der Waals surface area contributed by atoms with E-state index in [0.717, 1.165) is 56.5 Å². The first-order valence-corrected chi connectivity index (χ1v) is 18.0. The molecular weight excluding hydrogens is 727 g/mol. The molecule has 3 aliphatic rings. The Kier molecular flexibility index (Phi) is 9.81. The molecule has 0 saturated carbocycles. The van der Waals surface area contributed by atoms with Crippen LogP contribution in [0, 0.1) is 21.3 Å². The summed E-state index contributed by atoms with van der Waals surface area (Å²) in [6.07, 6.45) is 3.13. The Bertz CT molecular complexity index is 1800. The van der Waals surface area contributed by atoms with Crippen LogP contribution in [0.15, 0.2) is 89.3 Å². The van der Waals surface area contributed by atoms with Crippen LogP contribution in [0.1, 0.15) is 76.0 Å². The number of methoxy groups -OCH3 is 1. The second-order valence-electron chi connectivity index (χ2n) is 15.2. The Hall–Kier alpha value is -3.92. The summed E-state index contributed by atoms with van der Waals surface area (Å²) < 4.78 is 12.6. The third kappa shape index (κ3) is 7.49. The highest BCUT2D eigenvalue weighted by Crippen LogP contribution is 2.55. The van der Waals surface area contributed by atoms with E-state index < -0.39 is 5.92 Å². The number of rotatable bonds is 9. The Labute approximate surface area is 303 Å². The monoisotopic (exact) mass is 772 g/mol. The van der Waals surface area contributed by atoms with Crippen LogP contribution in [0.5, 0.6) is 11.5 Å². The van der Waals surface area contributed by atoms with Crippen LogP contribution in [0.4, 0.5) is 5.69 Å². The average Bonchev–Trinajstić information content (AvgIpc) is 3.03. The molecule has 7 nitrogen and oxygen atoms in total. The standard InChI is InChI=1S/C41H45IN2O5/c1-25-12-14-28(15-13-25)43-35(47)24-49-39-29(42)18-27(19-34(39)48-6)36-37-30(20-40(2,3)22-32(37)45)44(17-16-26-10-8-7-9-11-26)31-21-41(4,5)23-33(46)38(31)36/h7-15,18-19,36H,16-17,20-24H2,1-6H3,(H,43,47). The molecule has 0 spiro atoms. The fraction of sp³-hybridized carbons (Fsp3) is 0.390. The quantitative estimate of drug-likeness (QED) is 0.220. The van der Waals surface area contributed by atoms with Gasteiger partial charge in [-0.05, 0) is 95.0 Å². The maximum Gasteiger partial charge on any atom is 0.262 e. The number of aryl methyl sites for hydroxylation is 1. The molecule has 0 fully saturated rings. The van der Waals surface area contributed by atoms with Crippen molar-refractivity contribution in [1.29, 1.82) is 0 Å². The minimum atomic E-state index is -0.508. The molecule has 2 aliphatic carbocycles. The third-order valence-electron chi connectivity index (χ3n) is 9.76. The van der Waals surface area contributed by atoms with Crippen molar-refractivity contribution in [3.8, 4) is 11.5 Å². The zero-order valence-electron chi connectivity index (χ0n) is 29.2. The molecule has 1 heterocycles. The highest BCUT2D eigenvalue weighted by molar-refractivity contribution is 14.1. The van der Waals surface area contributed by atoms with E-state index in [0.29, 0.717) is 36.6 Å². The lowest BCUT2D eigenvalue weighted by Gasteiger charge is -2.49. The number of anilines is 1. The molecule has 1 N–H and O–H groups in total. The highest BCUT2D eigenvalue weighted by atomic mass is 127. The minimum Gasteiger partial charge on any atom is -0.493 e. The lowest BCUT2D eigenvalue weighted by atomic mass is 9.63. The number of allylic oxidation sites excluding steroid dienone is 4. The minimum absolute atomic E-state index is 0.0900. The van der Waals surface area contributed by atoms with Crippen molar-refractivity contribution in [2.24, 2.45) is 10.8 Å². The molecule has 3 aromatic carbocycles. The first-order valence-electron chi connectivity index (χ1n) is 17.0. The highest BCUT2D eigenvalue weighted by Gasteiger charge is 2.49. The van der Waals surface area contributed by atoms with Crippen molar-refractivity contribution in [1.82, 2.24) is 4.90 Å². The molecule has 0 bridgehead atoms. The number of amides is 1. The Morgan fingerprint density at radius 3 is 2.04 bits per heavy atom. The second kappa shape index (κ2) is 13.8. The van der Waals surface area contributed by atoms with Crippen molar-refractivity contribution in [2.45, 2.75) is 72.6 Å². The summed E-state index contributed by atoms with van der Waals surface area (Å²) in [4.78, 5) is 43.7. The van der Waals surface area contributed by atoms with Crippen LogP contribution in [-0.2, 0) is 20.8 Å². The summed E-state index contributed by atoms with van der Waals surface area (Å²) in [5.41, 5.74) is 6.95. The van der Waals surface area contributed by atoms with Crippen LogP contribution >= 0.6 is 22.6 Å². The number of carbonyl (C=O) groups excluding carboxylic acids is 3. The zero-order valence-corrected chi connectivity index (χ0v) is 31.4. The van der Waals surface area contributed by atoms with Gasteiger partial charge in [-0.2, -0.15) is 0 Å². The first kappa shape index (κ1) is 34.9. The summed E-state index contributed by atoms with van der Waals surface area (Å²) >= 11 is 2.20. The van der Waals surface area contributed by atoms with Gasteiger partial charge in [0.1, 0.15) is 0 Å². The number of hydrogen-bond donors (Lipinski definition) is 1. The van der Waals surface area contributed by atoms with E-state index in [1.54, 1.807) is 7.11 Å². The molecule has 6 rings (SSSR count). The molecule has 1 aliphatic heterocycles.